The predicted molar refractivity (Wildman–Crippen MR) is 122 cm³/mol. The average molecular weight is 454 g/mol. The third-order valence-electron chi connectivity index (χ3n) is 5.01. The van der Waals surface area contributed by atoms with Gasteiger partial charge in [-0.1, -0.05) is 18.2 Å². The molecule has 33 heavy (non-hydrogen) atoms. The largest absolute Gasteiger partial charge is 0.484 e. The highest BCUT2D eigenvalue weighted by Crippen LogP contribution is 2.27. The standard InChI is InChI=1S/C24H24F2N4O3/c25-18-6-4-17(5-7-18)15-27-22-9-8-21(24(29-22)30-10-12-32-13-11-30)28-23(31)16-33-20-3-1-2-19(26)14-20/h1-9,14H,10-13,15-16H2,(H,27,29)(H,28,31). The van der Waals surface area contributed by atoms with Gasteiger partial charge in [0.15, 0.2) is 12.4 Å². The Hall–Kier alpha value is -3.72. The van der Waals surface area contributed by atoms with Crippen LogP contribution in [-0.4, -0.2) is 43.8 Å². The Bertz CT molecular complexity index is 1090. The van der Waals surface area contributed by atoms with Gasteiger partial charge in [-0.25, -0.2) is 13.8 Å². The zero-order chi connectivity index (χ0) is 23.0. The van der Waals surface area contributed by atoms with Gasteiger partial charge >= 0.3 is 0 Å². The van der Waals surface area contributed by atoms with Crippen molar-refractivity contribution in [3.05, 3.63) is 77.9 Å². The Morgan fingerprint density at radius 2 is 1.82 bits per heavy atom. The van der Waals surface area contributed by atoms with Crippen molar-refractivity contribution in [3.8, 4) is 5.75 Å². The fourth-order valence-electron chi connectivity index (χ4n) is 3.35. The van der Waals surface area contributed by atoms with Gasteiger partial charge in [-0.15, -0.1) is 0 Å². The second-order valence-corrected chi connectivity index (χ2v) is 7.44. The molecular weight excluding hydrogens is 430 g/mol. The second kappa shape index (κ2) is 10.7. The highest BCUT2D eigenvalue weighted by atomic mass is 19.1. The summed E-state index contributed by atoms with van der Waals surface area (Å²) in [6.45, 7) is 2.60. The number of carbonyl (C=O) groups excluding carboxylic acids is 1. The summed E-state index contributed by atoms with van der Waals surface area (Å²) in [7, 11) is 0. The Kier molecular flexibility index (Phi) is 7.31. The van der Waals surface area contributed by atoms with Crippen LogP contribution in [0.3, 0.4) is 0 Å². The van der Waals surface area contributed by atoms with E-state index in [1.165, 1.54) is 30.3 Å². The fourth-order valence-corrected chi connectivity index (χ4v) is 3.35. The van der Waals surface area contributed by atoms with Gasteiger partial charge < -0.3 is 25.0 Å². The molecule has 1 amide bonds. The fraction of sp³-hybridized carbons (Fsp3) is 0.250. The number of hydrogen-bond acceptors (Lipinski definition) is 6. The summed E-state index contributed by atoms with van der Waals surface area (Å²) in [5, 5.41) is 6.06. The molecule has 7 nitrogen and oxygen atoms in total. The van der Waals surface area contributed by atoms with Crippen molar-refractivity contribution >= 4 is 23.2 Å². The van der Waals surface area contributed by atoms with Crippen molar-refractivity contribution in [2.45, 2.75) is 6.54 Å². The quantitative estimate of drug-likeness (QED) is 0.539. The molecule has 1 aliphatic rings. The number of ether oxygens (including phenoxy) is 2. The van der Waals surface area contributed by atoms with Crippen molar-refractivity contribution in [2.75, 3.05) is 48.4 Å². The first-order valence-electron chi connectivity index (χ1n) is 10.6. The Balaban J connectivity index is 1.44. The highest BCUT2D eigenvalue weighted by molar-refractivity contribution is 5.95. The van der Waals surface area contributed by atoms with E-state index < -0.39 is 5.82 Å². The summed E-state index contributed by atoms with van der Waals surface area (Å²) >= 11 is 0. The number of hydrogen-bond donors (Lipinski definition) is 2. The zero-order valence-corrected chi connectivity index (χ0v) is 17.9. The molecule has 2 heterocycles. The summed E-state index contributed by atoms with van der Waals surface area (Å²) in [4.78, 5) is 19.2. The van der Waals surface area contributed by atoms with E-state index >= 15 is 0 Å². The maximum atomic E-state index is 13.3. The number of pyridine rings is 1. The molecule has 0 saturated carbocycles. The number of rotatable bonds is 8. The second-order valence-electron chi connectivity index (χ2n) is 7.44. The molecule has 0 radical (unpaired) electrons. The third kappa shape index (κ3) is 6.39. The lowest BCUT2D eigenvalue weighted by Gasteiger charge is -2.29. The van der Waals surface area contributed by atoms with E-state index in [1.807, 2.05) is 4.90 Å². The van der Waals surface area contributed by atoms with Crippen molar-refractivity contribution in [1.29, 1.82) is 0 Å². The van der Waals surface area contributed by atoms with Crippen LogP contribution in [0.5, 0.6) is 5.75 Å². The molecule has 1 aliphatic heterocycles. The van der Waals surface area contributed by atoms with Crippen LogP contribution in [0.2, 0.25) is 0 Å². The minimum Gasteiger partial charge on any atom is -0.484 e. The van der Waals surface area contributed by atoms with Crippen molar-refractivity contribution in [2.24, 2.45) is 0 Å². The van der Waals surface area contributed by atoms with Crippen LogP contribution in [0.1, 0.15) is 5.56 Å². The van der Waals surface area contributed by atoms with Crippen LogP contribution in [-0.2, 0) is 16.1 Å². The number of amides is 1. The molecule has 9 heteroatoms. The van der Waals surface area contributed by atoms with Crippen LogP contribution < -0.4 is 20.3 Å². The maximum absolute atomic E-state index is 13.3. The molecule has 1 saturated heterocycles. The van der Waals surface area contributed by atoms with Gasteiger partial charge in [-0.05, 0) is 42.0 Å². The Morgan fingerprint density at radius 3 is 2.58 bits per heavy atom. The SMILES string of the molecule is O=C(COc1cccc(F)c1)Nc1ccc(NCc2ccc(F)cc2)nc1N1CCOCC1. The van der Waals surface area contributed by atoms with Gasteiger partial charge in [0.1, 0.15) is 23.2 Å². The molecule has 1 aromatic heterocycles. The molecule has 1 fully saturated rings. The number of aromatic nitrogens is 1. The van der Waals surface area contributed by atoms with Gasteiger partial charge in [0, 0.05) is 25.7 Å². The normalized spacial score (nSPS) is 13.5. The summed E-state index contributed by atoms with van der Waals surface area (Å²) in [5.41, 5.74) is 1.45. The van der Waals surface area contributed by atoms with Gasteiger partial charge in [0.2, 0.25) is 0 Å². The Labute approximate surface area is 190 Å². The third-order valence-corrected chi connectivity index (χ3v) is 5.01. The number of nitrogens with zero attached hydrogens (tertiary/aromatic N) is 2. The van der Waals surface area contributed by atoms with E-state index in [-0.39, 0.29) is 24.1 Å². The minimum absolute atomic E-state index is 0.267. The number of benzene rings is 2. The number of morpholine rings is 1. The smallest absolute Gasteiger partial charge is 0.262 e. The van der Waals surface area contributed by atoms with E-state index in [4.69, 9.17) is 14.5 Å². The van der Waals surface area contributed by atoms with Crippen molar-refractivity contribution in [1.82, 2.24) is 4.98 Å². The lowest BCUT2D eigenvalue weighted by Crippen LogP contribution is -2.37. The molecule has 2 N–H and O–H groups in total. The lowest BCUT2D eigenvalue weighted by molar-refractivity contribution is -0.118. The van der Waals surface area contributed by atoms with Gasteiger partial charge in [-0.3, -0.25) is 4.79 Å². The van der Waals surface area contributed by atoms with Crippen molar-refractivity contribution < 1.29 is 23.0 Å². The molecule has 0 unspecified atom stereocenters. The van der Waals surface area contributed by atoms with E-state index in [2.05, 4.69) is 10.6 Å². The van der Waals surface area contributed by atoms with Crippen LogP contribution >= 0.6 is 0 Å². The van der Waals surface area contributed by atoms with E-state index in [0.29, 0.717) is 50.2 Å². The van der Waals surface area contributed by atoms with Gasteiger partial charge in [-0.2, -0.15) is 0 Å². The molecule has 0 atom stereocenters. The van der Waals surface area contributed by atoms with Crippen LogP contribution in [0, 0.1) is 11.6 Å². The Morgan fingerprint density at radius 1 is 1.03 bits per heavy atom. The summed E-state index contributed by atoms with van der Waals surface area (Å²) in [5.74, 6) is 0.402. The summed E-state index contributed by atoms with van der Waals surface area (Å²) < 4.78 is 37.2. The topological polar surface area (TPSA) is 75.7 Å². The first-order valence-corrected chi connectivity index (χ1v) is 10.6. The minimum atomic E-state index is -0.435. The highest BCUT2D eigenvalue weighted by Gasteiger charge is 2.19. The van der Waals surface area contributed by atoms with Crippen molar-refractivity contribution in [3.63, 3.8) is 0 Å². The van der Waals surface area contributed by atoms with Crippen LogP contribution in [0.25, 0.3) is 0 Å². The average Bonchev–Trinajstić information content (AvgIpc) is 2.84. The predicted octanol–water partition coefficient (Wildman–Crippen LogP) is 3.83. The summed E-state index contributed by atoms with van der Waals surface area (Å²) in [6.07, 6.45) is 0. The molecule has 3 aromatic rings. The number of anilines is 3. The first-order chi connectivity index (χ1) is 16.1. The van der Waals surface area contributed by atoms with Crippen LogP contribution in [0.15, 0.2) is 60.7 Å². The van der Waals surface area contributed by atoms with Gasteiger partial charge in [0.05, 0.1) is 18.9 Å². The first kappa shape index (κ1) is 22.5. The molecule has 2 aromatic carbocycles. The maximum Gasteiger partial charge on any atom is 0.262 e. The molecule has 4 rings (SSSR count). The van der Waals surface area contributed by atoms with Crippen LogP contribution in [0.4, 0.5) is 26.1 Å². The number of nitrogens with one attached hydrogen (secondary N) is 2. The molecule has 0 spiro atoms. The lowest BCUT2D eigenvalue weighted by atomic mass is 10.2. The molecular formula is C24H24F2N4O3. The van der Waals surface area contributed by atoms with E-state index in [9.17, 15) is 13.6 Å². The summed E-state index contributed by atoms with van der Waals surface area (Å²) in [6, 6.07) is 15.4. The van der Waals surface area contributed by atoms with E-state index in [1.54, 1.807) is 30.3 Å². The molecule has 0 aliphatic carbocycles. The van der Waals surface area contributed by atoms with E-state index in [0.717, 1.165) is 5.56 Å². The monoisotopic (exact) mass is 454 g/mol. The van der Waals surface area contributed by atoms with Gasteiger partial charge in [0.25, 0.3) is 5.91 Å². The molecule has 0 bridgehead atoms. The molecule has 172 valence electrons. The number of halogens is 2. The number of carbonyl (C=O) groups is 1. The zero-order valence-electron chi connectivity index (χ0n) is 17.9.